The van der Waals surface area contributed by atoms with Crippen molar-refractivity contribution in [1.82, 2.24) is 0 Å². The van der Waals surface area contributed by atoms with E-state index >= 15 is 0 Å². The first-order valence-electron chi connectivity index (χ1n) is 7.55. The van der Waals surface area contributed by atoms with Crippen molar-refractivity contribution in [3.05, 3.63) is 0 Å². The Morgan fingerprint density at radius 2 is 1.62 bits per heavy atom. The van der Waals surface area contributed by atoms with Gasteiger partial charge >= 0.3 is 154 Å². The fourth-order valence-electron chi connectivity index (χ4n) is 2.71. The Labute approximate surface area is 154 Å². The second-order valence-electron chi connectivity index (χ2n) is 5.94. The molecular weight excluding hydrogens is 447 g/mol. The summed E-state index contributed by atoms with van der Waals surface area (Å²) in [5.41, 5.74) is 0. The van der Waals surface area contributed by atoms with Gasteiger partial charge in [-0.25, -0.2) is 0 Å². The van der Waals surface area contributed by atoms with Gasteiger partial charge in [-0.1, -0.05) is 0 Å². The predicted octanol–water partition coefficient (Wildman–Crippen LogP) is -4.80. The van der Waals surface area contributed by atoms with Gasteiger partial charge in [0.05, 0.1) is 0 Å². The second kappa shape index (κ2) is 10.0. The molecule has 0 bridgehead atoms. The Balaban J connectivity index is 2.98. The molecule has 1 unspecified atom stereocenters. The molecule has 1 heterocycles. The molecule has 9 N–H and O–H groups in total. The van der Waals surface area contributed by atoms with Gasteiger partial charge in [0.15, 0.2) is 0 Å². The minimum absolute atomic E-state index is 0.0111. The molecule has 0 spiro atoms. The van der Waals surface area contributed by atoms with Crippen molar-refractivity contribution >= 4 is 24.3 Å². The predicted molar refractivity (Wildman–Crippen MR) is 85.8 cm³/mol. The molecule has 14 heteroatoms. The second-order valence-corrected chi connectivity index (χ2v) is 11.8. The quantitative estimate of drug-likeness (QED) is 0.108. The monoisotopic (exact) mass is 473 g/mol. The zero-order valence-corrected chi connectivity index (χ0v) is 16.0. The SMILES string of the molecule is O=S(=O)(O)O[C@@H]([C@H](O)[C@H](O)CO)[C@@H](O)C[Se+]1C[C@@H](O)[C@@H](O)[C@@H]1[C@@H](O)CO. The van der Waals surface area contributed by atoms with Gasteiger partial charge in [0.25, 0.3) is 0 Å². The van der Waals surface area contributed by atoms with Gasteiger partial charge < -0.3 is 0 Å². The van der Waals surface area contributed by atoms with Gasteiger partial charge in [0, 0.05) is 0 Å². The van der Waals surface area contributed by atoms with Gasteiger partial charge in [-0.05, 0) is 0 Å². The van der Waals surface area contributed by atoms with Crippen LogP contribution in [-0.2, 0) is 14.6 Å². The molecule has 0 aromatic rings. The molecule has 0 amide bonds. The summed E-state index contributed by atoms with van der Waals surface area (Å²) in [6.45, 7) is -1.69. The van der Waals surface area contributed by atoms with Crippen LogP contribution in [0.15, 0.2) is 0 Å². The Morgan fingerprint density at radius 1 is 1.04 bits per heavy atom. The van der Waals surface area contributed by atoms with E-state index in [9.17, 15) is 39.1 Å². The maximum absolute atomic E-state index is 10.9. The van der Waals surface area contributed by atoms with Crippen LogP contribution < -0.4 is 0 Å². The molecule has 0 aromatic carbocycles. The summed E-state index contributed by atoms with van der Waals surface area (Å²) in [6.07, 6.45) is -11.7. The summed E-state index contributed by atoms with van der Waals surface area (Å²) >= 11 is -2.26. The summed E-state index contributed by atoms with van der Waals surface area (Å²) in [4.78, 5) is -0.934. The molecule has 1 saturated heterocycles. The molecule has 0 saturated carbocycles. The van der Waals surface area contributed by atoms with Crippen LogP contribution in [0, 0.1) is 0 Å². The first-order chi connectivity index (χ1) is 11.9. The Morgan fingerprint density at radius 3 is 2.08 bits per heavy atom. The topological polar surface area (TPSA) is 225 Å². The van der Waals surface area contributed by atoms with Crippen molar-refractivity contribution in [3.8, 4) is 0 Å². The third-order valence-corrected chi connectivity index (χ3v) is 10.5. The van der Waals surface area contributed by atoms with Crippen molar-refractivity contribution in [3.63, 3.8) is 0 Å². The molecule has 9 atom stereocenters. The van der Waals surface area contributed by atoms with Crippen molar-refractivity contribution < 1.29 is 58.0 Å². The molecule has 1 fully saturated rings. The molecule has 26 heavy (non-hydrogen) atoms. The van der Waals surface area contributed by atoms with Crippen LogP contribution in [0.3, 0.4) is 0 Å². The number of aliphatic hydroxyl groups is 8. The molecule has 1 aliphatic rings. The summed E-state index contributed by atoms with van der Waals surface area (Å²) < 4.78 is 34.9. The number of rotatable bonds is 10. The molecule has 0 aliphatic carbocycles. The standard InChI is InChI=1S/C12H24O12SSe/c13-1-5(15)9(19)11(24-25(21,22)23)8(18)4-26-3-7(17)10(20)12(26)6(16)2-14/h5-20H,1-4H2/p+1/t5-,6+,7-,8+,9-,10-,11-,12+,26?/m1/s1. The molecule has 0 aromatic heterocycles. The van der Waals surface area contributed by atoms with Crippen molar-refractivity contribution in [1.29, 1.82) is 0 Å². The summed E-state index contributed by atoms with van der Waals surface area (Å²) in [6, 6.07) is 0. The summed E-state index contributed by atoms with van der Waals surface area (Å²) in [7, 11) is -5.13. The van der Waals surface area contributed by atoms with E-state index < -0.39 is 85.1 Å². The summed E-state index contributed by atoms with van der Waals surface area (Å²) in [5.74, 6) is 0. The van der Waals surface area contributed by atoms with E-state index in [1.54, 1.807) is 0 Å². The molecule has 1 rings (SSSR count). The van der Waals surface area contributed by atoms with Crippen LogP contribution >= 0.6 is 0 Å². The van der Waals surface area contributed by atoms with Gasteiger partial charge in [-0.15, -0.1) is 0 Å². The van der Waals surface area contributed by atoms with Gasteiger partial charge in [0.2, 0.25) is 0 Å². The fourth-order valence-corrected chi connectivity index (χ4v) is 9.42. The Kier molecular flexibility index (Phi) is 9.29. The van der Waals surface area contributed by atoms with Crippen LogP contribution in [0.5, 0.6) is 0 Å². The third kappa shape index (κ3) is 6.31. The Hall–Kier alpha value is 0.0695. The van der Waals surface area contributed by atoms with E-state index in [0.29, 0.717) is 0 Å². The molecular formula is C12H25O12SSe+. The van der Waals surface area contributed by atoms with Gasteiger partial charge in [0.1, 0.15) is 0 Å². The normalized spacial score (nSPS) is 32.8. The van der Waals surface area contributed by atoms with Crippen LogP contribution in [0.2, 0.25) is 15.5 Å². The third-order valence-electron chi connectivity index (χ3n) is 3.98. The minimum atomic E-state index is -5.13. The van der Waals surface area contributed by atoms with E-state index in [4.69, 9.17) is 14.8 Å². The average molecular weight is 472 g/mol. The number of hydrogen-bond donors (Lipinski definition) is 9. The molecule has 156 valence electrons. The van der Waals surface area contributed by atoms with Crippen LogP contribution in [0.4, 0.5) is 0 Å². The van der Waals surface area contributed by atoms with Crippen LogP contribution in [-0.4, -0.2) is 124 Å². The van der Waals surface area contributed by atoms with Crippen LogP contribution in [0.25, 0.3) is 0 Å². The average Bonchev–Trinajstić information content (AvgIpc) is 2.83. The Bertz CT molecular complexity index is 532. The first kappa shape index (κ1) is 24.1. The van der Waals surface area contributed by atoms with Crippen molar-refractivity contribution in [2.75, 3.05) is 13.2 Å². The molecule has 1 aliphatic heterocycles. The van der Waals surface area contributed by atoms with E-state index in [2.05, 4.69) is 4.18 Å². The zero-order valence-electron chi connectivity index (χ0n) is 13.5. The number of aliphatic hydroxyl groups excluding tert-OH is 8. The van der Waals surface area contributed by atoms with E-state index in [0.717, 1.165) is 0 Å². The van der Waals surface area contributed by atoms with Crippen molar-refractivity contribution in [2.24, 2.45) is 0 Å². The van der Waals surface area contributed by atoms with Crippen LogP contribution in [0.1, 0.15) is 0 Å². The molecule has 12 nitrogen and oxygen atoms in total. The van der Waals surface area contributed by atoms with E-state index in [1.807, 2.05) is 0 Å². The zero-order chi connectivity index (χ0) is 20.2. The summed E-state index contributed by atoms with van der Waals surface area (Å²) in [5, 5.41) is 76.8. The van der Waals surface area contributed by atoms with E-state index in [1.165, 1.54) is 0 Å². The maximum atomic E-state index is 10.9. The first-order valence-corrected chi connectivity index (χ1v) is 12.3. The molecule has 0 radical (unpaired) electrons. The van der Waals surface area contributed by atoms with Gasteiger partial charge in [-0.2, -0.15) is 0 Å². The van der Waals surface area contributed by atoms with Crippen molar-refractivity contribution in [2.45, 2.75) is 58.2 Å². The fraction of sp³-hybridized carbons (Fsp3) is 1.00. The number of hydrogen-bond acceptors (Lipinski definition) is 11. The van der Waals surface area contributed by atoms with Gasteiger partial charge in [-0.3, -0.25) is 0 Å². The van der Waals surface area contributed by atoms with E-state index in [-0.39, 0.29) is 10.6 Å².